The smallest absolute Gasteiger partial charge is 0.325 e. The number of carbonyl (C=O) groups excluding carboxylic acids is 9. The van der Waals surface area contributed by atoms with Crippen molar-refractivity contribution in [2.45, 2.75) is 115 Å². The van der Waals surface area contributed by atoms with Crippen molar-refractivity contribution in [3.63, 3.8) is 0 Å². The number of benzene rings is 3. The van der Waals surface area contributed by atoms with E-state index in [0.717, 1.165) is 83.4 Å². The Morgan fingerprint density at radius 2 is 1.14 bits per heavy atom. The van der Waals surface area contributed by atoms with Crippen LogP contribution < -0.4 is 26.6 Å². The Morgan fingerprint density at radius 1 is 0.598 bits per heavy atom. The van der Waals surface area contributed by atoms with E-state index in [1.54, 1.807) is 31.6 Å². The number of methoxy groups -OCH3 is 1. The molecule has 0 aliphatic carbocycles. The predicted molar refractivity (Wildman–Crippen MR) is 363 cm³/mol. The van der Waals surface area contributed by atoms with Crippen molar-refractivity contribution in [2.24, 2.45) is 30.5 Å². The number of fused-ring (bicyclic) bond motifs is 2. The molecule has 0 unspecified atom stereocenters. The summed E-state index contributed by atoms with van der Waals surface area (Å²) < 4.78 is 7.97. The number of rotatable bonds is 19. The van der Waals surface area contributed by atoms with Gasteiger partial charge in [0.1, 0.15) is 18.9 Å². The van der Waals surface area contributed by atoms with Gasteiger partial charge in [-0.1, -0.05) is 35.9 Å². The molecule has 514 valence electrons. The summed E-state index contributed by atoms with van der Waals surface area (Å²) >= 11 is 6.99. The molecule has 6 aromatic rings. The van der Waals surface area contributed by atoms with Gasteiger partial charge in [0.25, 0.3) is 5.91 Å². The third-order valence-electron chi connectivity index (χ3n) is 20.7. The maximum absolute atomic E-state index is 13.9. The molecule has 3 aromatic carbocycles. The standard InChI is InChI=1S/C70H87ClN16O10/c1-80-56-38-53(54(71)37-50(56)39-76-80)52-7-6-8-55-63(52)64(79-87(55)43-59(89)73-41-58(88)74-42-62(92)97-2)46-17-27-82(28-18-46)60(90)13-14-61(91)83-29-19-47(20-30-83)68(94)85-33-23-49(24-34-85)70(96)86-35-21-48(22-36-86)69(95)84-31-15-45(16-32-84)44-9-11-51(12-10-44)77-67-65(66(72)93)75-40-57(78-67)81-25-4-3-5-26-81/h6-12,37-40,45-49H,3-5,13-36,41-43H2,1-2H3,(H2,72,93)(H,73,89)(H,74,88)(H,77,78). The molecule has 97 heavy (non-hydrogen) atoms. The van der Waals surface area contributed by atoms with Crippen LogP contribution >= 0.6 is 11.6 Å². The number of hydrogen-bond acceptors (Lipinski definition) is 16. The fraction of sp³-hybridized carbons (Fsp3) is 0.529. The molecule has 3 aromatic heterocycles. The average molecular weight is 1350 g/mol. The summed E-state index contributed by atoms with van der Waals surface area (Å²) in [6.07, 6.45) is 13.3. The molecular formula is C70H87ClN16O10. The lowest BCUT2D eigenvalue weighted by Crippen LogP contribution is -2.50. The molecule has 0 radical (unpaired) electrons. The Bertz CT molecular complexity index is 3920. The number of primary amides is 1. The molecule has 0 saturated carbocycles. The van der Waals surface area contributed by atoms with Gasteiger partial charge in [0.2, 0.25) is 41.4 Å². The molecule has 0 atom stereocenters. The molecule has 9 heterocycles. The van der Waals surface area contributed by atoms with E-state index in [1.807, 2.05) is 64.2 Å². The number of carbonyl (C=O) groups is 9. The van der Waals surface area contributed by atoms with Crippen LogP contribution in [0.4, 0.5) is 17.3 Å². The number of halogens is 1. The second-order valence-corrected chi connectivity index (χ2v) is 27.1. The molecule has 8 amide bonds. The van der Waals surface area contributed by atoms with Crippen molar-refractivity contribution < 1.29 is 47.9 Å². The van der Waals surface area contributed by atoms with E-state index in [9.17, 15) is 43.2 Å². The highest BCUT2D eigenvalue weighted by molar-refractivity contribution is 6.34. The van der Waals surface area contributed by atoms with Gasteiger partial charge in [-0.05, 0) is 131 Å². The van der Waals surface area contributed by atoms with Crippen LogP contribution in [0, 0.1) is 17.8 Å². The largest absolute Gasteiger partial charge is 0.468 e. The Kier molecular flexibility index (Phi) is 21.3. The number of nitrogens with one attached hydrogen (secondary N) is 3. The van der Waals surface area contributed by atoms with Crippen molar-refractivity contribution in [1.29, 1.82) is 0 Å². The Hall–Kier alpha value is -9.20. The van der Waals surface area contributed by atoms with Gasteiger partial charge in [0.15, 0.2) is 11.5 Å². The molecule has 0 bridgehead atoms. The number of aryl methyl sites for hydroxylation is 1. The lowest BCUT2D eigenvalue weighted by atomic mass is 9.87. The van der Waals surface area contributed by atoms with Gasteiger partial charge in [-0.15, -0.1) is 0 Å². The Morgan fingerprint density at radius 3 is 1.72 bits per heavy atom. The van der Waals surface area contributed by atoms with E-state index >= 15 is 0 Å². The molecule has 6 saturated heterocycles. The Balaban J connectivity index is 0.555. The normalized spacial score (nSPS) is 18.1. The second kappa shape index (κ2) is 30.5. The first-order chi connectivity index (χ1) is 47.0. The highest BCUT2D eigenvalue weighted by Crippen LogP contribution is 2.42. The number of amides is 8. The highest BCUT2D eigenvalue weighted by atomic mass is 35.5. The summed E-state index contributed by atoms with van der Waals surface area (Å²) in [5.74, 6) is -1.40. The molecular weight excluding hydrogens is 1260 g/mol. The number of nitrogens with two attached hydrogens (primary N) is 1. The molecule has 5 N–H and O–H groups in total. The first kappa shape index (κ1) is 67.8. The number of hydrogen-bond donors (Lipinski definition) is 4. The quantitative estimate of drug-likeness (QED) is 0.0688. The molecule has 26 nitrogen and oxygen atoms in total. The van der Waals surface area contributed by atoms with Crippen LogP contribution in [0.25, 0.3) is 32.9 Å². The van der Waals surface area contributed by atoms with E-state index in [0.29, 0.717) is 139 Å². The number of likely N-dealkylation sites (tertiary alicyclic amines) is 5. The number of piperidine rings is 6. The molecule has 0 spiro atoms. The van der Waals surface area contributed by atoms with Gasteiger partial charge in [0.05, 0.1) is 42.8 Å². The number of aromatic nitrogens is 6. The van der Waals surface area contributed by atoms with Crippen molar-refractivity contribution in [3.8, 4) is 11.1 Å². The summed E-state index contributed by atoms with van der Waals surface area (Å²) in [6.45, 7) is 6.10. The number of nitrogens with zero attached hydrogens (tertiary/aromatic N) is 12. The third kappa shape index (κ3) is 15.6. The number of anilines is 3. The number of esters is 1. The zero-order chi connectivity index (χ0) is 67.9. The van der Waals surface area contributed by atoms with Crippen LogP contribution in [0.15, 0.2) is 67.0 Å². The van der Waals surface area contributed by atoms with E-state index < -0.39 is 23.7 Å². The second-order valence-electron chi connectivity index (χ2n) is 26.7. The topological polar surface area (TPSA) is 306 Å². The van der Waals surface area contributed by atoms with Crippen LogP contribution in [0.5, 0.6) is 0 Å². The van der Waals surface area contributed by atoms with Crippen LogP contribution in [0.3, 0.4) is 0 Å². The zero-order valence-corrected chi connectivity index (χ0v) is 56.1. The molecule has 27 heteroatoms. The molecule has 6 fully saturated rings. The fourth-order valence-electron chi connectivity index (χ4n) is 15.1. The monoisotopic (exact) mass is 1350 g/mol. The van der Waals surface area contributed by atoms with E-state index in [1.165, 1.54) is 19.1 Å². The van der Waals surface area contributed by atoms with Crippen LogP contribution in [0.1, 0.15) is 130 Å². The van der Waals surface area contributed by atoms with Crippen molar-refractivity contribution >= 4 is 104 Å². The lowest BCUT2D eigenvalue weighted by Gasteiger charge is -2.40. The maximum atomic E-state index is 13.9. The van der Waals surface area contributed by atoms with E-state index in [-0.39, 0.29) is 91.4 Å². The van der Waals surface area contributed by atoms with Crippen LogP contribution in [-0.2, 0) is 56.7 Å². The Labute approximate surface area is 568 Å². The van der Waals surface area contributed by atoms with Crippen molar-refractivity contribution in [1.82, 2.24) is 64.7 Å². The summed E-state index contributed by atoms with van der Waals surface area (Å²) in [5.41, 5.74) is 11.6. The van der Waals surface area contributed by atoms with Gasteiger partial charge >= 0.3 is 5.97 Å². The maximum Gasteiger partial charge on any atom is 0.325 e. The van der Waals surface area contributed by atoms with Crippen LogP contribution in [0.2, 0.25) is 5.02 Å². The number of ether oxygens (including phenoxy) is 1. The third-order valence-corrected chi connectivity index (χ3v) is 21.1. The van der Waals surface area contributed by atoms with Gasteiger partial charge in [-0.25, -0.2) is 9.97 Å². The highest BCUT2D eigenvalue weighted by Gasteiger charge is 2.38. The van der Waals surface area contributed by atoms with E-state index in [4.69, 9.17) is 27.4 Å². The van der Waals surface area contributed by atoms with Gasteiger partial charge in [-0.2, -0.15) is 10.2 Å². The summed E-state index contributed by atoms with van der Waals surface area (Å²) in [6, 6.07) is 17.7. The van der Waals surface area contributed by atoms with Gasteiger partial charge < -0.3 is 55.8 Å². The molecule has 6 aliphatic rings. The summed E-state index contributed by atoms with van der Waals surface area (Å²) in [5, 5.41) is 20.0. The predicted octanol–water partition coefficient (Wildman–Crippen LogP) is 5.88. The first-order valence-corrected chi connectivity index (χ1v) is 34.8. The SMILES string of the molecule is COC(=O)CNC(=O)CNC(=O)Cn1nc(C2CCN(C(=O)CCC(=O)N3CCC(C(=O)N4CCC(C(=O)N5CCC(C(=O)N6CCC(c7ccc(Nc8nc(N9CCCCC9)cnc8C(N)=O)cc7)CC6)CC5)CC4)CC3)CC2)c2c(-c3cc4c(cnn4C)cc3Cl)cccc21. The van der Waals surface area contributed by atoms with Crippen molar-refractivity contribution in [2.75, 3.05) is 109 Å². The van der Waals surface area contributed by atoms with Gasteiger partial charge in [-0.3, -0.25) is 52.5 Å². The zero-order valence-electron chi connectivity index (χ0n) is 55.4. The first-order valence-electron chi connectivity index (χ1n) is 34.4. The fourth-order valence-corrected chi connectivity index (χ4v) is 15.3. The van der Waals surface area contributed by atoms with E-state index in [2.05, 4.69) is 47.8 Å². The van der Waals surface area contributed by atoms with Crippen LogP contribution in [-0.4, -0.2) is 206 Å². The minimum Gasteiger partial charge on any atom is -0.468 e. The van der Waals surface area contributed by atoms with Gasteiger partial charge in [0, 0.05) is 149 Å². The summed E-state index contributed by atoms with van der Waals surface area (Å²) in [7, 11) is 3.07. The molecule has 6 aliphatic heterocycles. The summed E-state index contributed by atoms with van der Waals surface area (Å²) in [4.78, 5) is 139. The minimum absolute atomic E-state index is 0.0621. The minimum atomic E-state index is -0.644. The lowest BCUT2D eigenvalue weighted by molar-refractivity contribution is -0.146. The van der Waals surface area contributed by atoms with Crippen molar-refractivity contribution in [3.05, 3.63) is 89.0 Å². The average Bonchev–Trinajstić information content (AvgIpc) is 1.62. The molecule has 12 rings (SSSR count).